The summed E-state index contributed by atoms with van der Waals surface area (Å²) in [7, 11) is 0. The molecule has 122 valence electrons. The van der Waals surface area contributed by atoms with Crippen LogP contribution in [0.1, 0.15) is 22.7 Å². The molecule has 7 heteroatoms. The van der Waals surface area contributed by atoms with Gasteiger partial charge in [0.25, 0.3) is 0 Å². The van der Waals surface area contributed by atoms with Crippen molar-refractivity contribution in [3.8, 4) is 0 Å². The second kappa shape index (κ2) is 5.84. The molecule has 4 nitrogen and oxygen atoms in total. The van der Waals surface area contributed by atoms with Crippen molar-refractivity contribution in [3.05, 3.63) is 83.2 Å². The minimum Gasteiger partial charge on any atom is -0.352 e. The third kappa shape index (κ3) is 2.40. The normalized spacial score (nSPS) is 23.9. The molecular weight excluding hydrogens is 352 g/mol. The monoisotopic (exact) mass is 363 g/mol. The predicted molar refractivity (Wildman–Crippen MR) is 88.3 cm³/mol. The molecule has 3 atom stereocenters. The van der Waals surface area contributed by atoms with Crippen LogP contribution in [-0.2, 0) is 10.3 Å². The standard InChI is InChI=1S/C17H12Cl2FN3O/c18-14-4-2-1-3-13(14)15-17(24-15,11-5-7-12(20)8-6-11)16(19)23-10-21-9-22-23/h1-10,15-16H. The van der Waals surface area contributed by atoms with Crippen LogP contribution in [0.25, 0.3) is 0 Å². The van der Waals surface area contributed by atoms with Gasteiger partial charge in [0.15, 0.2) is 11.1 Å². The van der Waals surface area contributed by atoms with E-state index >= 15 is 0 Å². The van der Waals surface area contributed by atoms with Crippen molar-refractivity contribution < 1.29 is 9.13 Å². The average molecular weight is 364 g/mol. The second-order valence-electron chi connectivity index (χ2n) is 5.53. The van der Waals surface area contributed by atoms with E-state index < -0.39 is 11.1 Å². The number of alkyl halides is 1. The maximum absolute atomic E-state index is 13.3. The number of benzene rings is 2. The Morgan fingerprint density at radius 2 is 1.92 bits per heavy atom. The average Bonchev–Trinajstić information content (AvgIpc) is 3.09. The first-order valence-electron chi connectivity index (χ1n) is 7.29. The molecule has 1 aliphatic heterocycles. The Morgan fingerprint density at radius 1 is 1.17 bits per heavy atom. The minimum atomic E-state index is -0.895. The summed E-state index contributed by atoms with van der Waals surface area (Å²) in [4.78, 5) is 3.93. The van der Waals surface area contributed by atoms with E-state index in [4.69, 9.17) is 27.9 Å². The lowest BCUT2D eigenvalue weighted by Crippen LogP contribution is -2.23. The largest absolute Gasteiger partial charge is 0.352 e. The first-order chi connectivity index (χ1) is 11.6. The van der Waals surface area contributed by atoms with Crippen LogP contribution < -0.4 is 0 Å². The van der Waals surface area contributed by atoms with Crippen LogP contribution in [0.5, 0.6) is 0 Å². The van der Waals surface area contributed by atoms with E-state index in [0.717, 1.165) is 11.1 Å². The van der Waals surface area contributed by atoms with Gasteiger partial charge in [-0.25, -0.2) is 14.1 Å². The number of halogens is 3. The summed E-state index contributed by atoms with van der Waals surface area (Å²) < 4.78 is 20.9. The van der Waals surface area contributed by atoms with Crippen LogP contribution in [0.2, 0.25) is 5.02 Å². The van der Waals surface area contributed by atoms with Crippen molar-refractivity contribution in [3.63, 3.8) is 0 Å². The van der Waals surface area contributed by atoms with Gasteiger partial charge in [0, 0.05) is 10.6 Å². The Morgan fingerprint density at radius 3 is 2.58 bits per heavy atom. The van der Waals surface area contributed by atoms with Crippen LogP contribution in [0, 0.1) is 5.82 Å². The lowest BCUT2D eigenvalue weighted by molar-refractivity contribution is 0.253. The Hall–Kier alpha value is -1.95. The topological polar surface area (TPSA) is 43.2 Å². The SMILES string of the molecule is Fc1ccc(C2(C(Cl)n3cncn3)OC2c2ccccc2Cl)cc1. The molecule has 0 N–H and O–H groups in total. The van der Waals surface area contributed by atoms with Crippen molar-refractivity contribution in [2.45, 2.75) is 17.2 Å². The van der Waals surface area contributed by atoms with Gasteiger partial charge in [0.05, 0.1) is 0 Å². The van der Waals surface area contributed by atoms with Gasteiger partial charge in [-0.3, -0.25) is 0 Å². The molecule has 1 saturated heterocycles. The fourth-order valence-electron chi connectivity index (χ4n) is 2.92. The van der Waals surface area contributed by atoms with Gasteiger partial charge in [-0.15, -0.1) is 0 Å². The Kier molecular flexibility index (Phi) is 3.79. The van der Waals surface area contributed by atoms with Gasteiger partial charge >= 0.3 is 0 Å². The molecule has 0 radical (unpaired) electrons. The van der Waals surface area contributed by atoms with Crippen LogP contribution in [0.3, 0.4) is 0 Å². The van der Waals surface area contributed by atoms with Gasteiger partial charge in [-0.2, -0.15) is 5.10 Å². The number of epoxide rings is 1. The fourth-order valence-corrected chi connectivity index (χ4v) is 3.55. The maximum atomic E-state index is 13.3. The molecule has 0 spiro atoms. The summed E-state index contributed by atoms with van der Waals surface area (Å²) in [5.41, 5.74) is 0.0267. The first-order valence-corrected chi connectivity index (χ1v) is 8.11. The van der Waals surface area contributed by atoms with E-state index in [2.05, 4.69) is 10.1 Å². The molecule has 24 heavy (non-hydrogen) atoms. The lowest BCUT2D eigenvalue weighted by atomic mass is 9.91. The highest BCUT2D eigenvalue weighted by atomic mass is 35.5. The van der Waals surface area contributed by atoms with Crippen molar-refractivity contribution in [1.29, 1.82) is 0 Å². The second-order valence-corrected chi connectivity index (χ2v) is 6.35. The highest BCUT2D eigenvalue weighted by Gasteiger charge is 2.64. The zero-order valence-corrected chi connectivity index (χ0v) is 13.8. The van der Waals surface area contributed by atoms with Gasteiger partial charge < -0.3 is 4.74 Å². The molecule has 0 bridgehead atoms. The Balaban J connectivity index is 1.80. The maximum Gasteiger partial charge on any atom is 0.163 e. The molecule has 0 saturated carbocycles. The smallest absolute Gasteiger partial charge is 0.163 e. The summed E-state index contributed by atoms with van der Waals surface area (Å²) in [6.45, 7) is 0. The summed E-state index contributed by atoms with van der Waals surface area (Å²) in [6, 6.07) is 13.5. The van der Waals surface area contributed by atoms with Gasteiger partial charge in [-0.05, 0) is 23.8 Å². The summed E-state index contributed by atoms with van der Waals surface area (Å²) in [6.07, 6.45) is 2.57. The van der Waals surface area contributed by atoms with Gasteiger partial charge in [0.2, 0.25) is 0 Å². The lowest BCUT2D eigenvalue weighted by Gasteiger charge is -2.20. The zero-order valence-electron chi connectivity index (χ0n) is 12.3. The number of rotatable bonds is 4. The van der Waals surface area contributed by atoms with Crippen molar-refractivity contribution in [1.82, 2.24) is 14.8 Å². The van der Waals surface area contributed by atoms with Crippen LogP contribution in [-0.4, -0.2) is 14.8 Å². The van der Waals surface area contributed by atoms with E-state index in [1.165, 1.54) is 29.5 Å². The quantitative estimate of drug-likeness (QED) is 0.507. The number of nitrogens with zero attached hydrogens (tertiary/aromatic N) is 3. The molecule has 3 aromatic rings. The predicted octanol–water partition coefficient (Wildman–Crippen LogP) is 4.48. The van der Waals surface area contributed by atoms with E-state index in [-0.39, 0.29) is 11.9 Å². The van der Waals surface area contributed by atoms with Gasteiger partial charge in [-0.1, -0.05) is 53.5 Å². The Bertz CT molecular complexity index is 857. The summed E-state index contributed by atoms with van der Waals surface area (Å²) >= 11 is 13.0. The molecule has 2 heterocycles. The minimum absolute atomic E-state index is 0.323. The van der Waals surface area contributed by atoms with Crippen molar-refractivity contribution in [2.24, 2.45) is 0 Å². The molecule has 0 aliphatic carbocycles. The van der Waals surface area contributed by atoms with Crippen LogP contribution >= 0.6 is 23.2 Å². The molecular formula is C17H12Cl2FN3O. The summed E-state index contributed by atoms with van der Waals surface area (Å²) in [5.74, 6) is -0.323. The third-order valence-corrected chi connectivity index (χ3v) is 5.02. The van der Waals surface area contributed by atoms with E-state index in [1.807, 2.05) is 18.2 Å². The van der Waals surface area contributed by atoms with Crippen LogP contribution in [0.15, 0.2) is 61.2 Å². The molecule has 0 amide bonds. The first kappa shape index (κ1) is 15.6. The van der Waals surface area contributed by atoms with Crippen LogP contribution in [0.4, 0.5) is 4.39 Å². The van der Waals surface area contributed by atoms with Gasteiger partial charge in [0.1, 0.15) is 24.6 Å². The fraction of sp³-hybridized carbons (Fsp3) is 0.176. The third-order valence-electron chi connectivity index (χ3n) is 4.15. The molecule has 1 fully saturated rings. The zero-order chi connectivity index (χ0) is 16.7. The number of ether oxygens (including phenoxy) is 1. The van der Waals surface area contributed by atoms with Crippen molar-refractivity contribution in [2.75, 3.05) is 0 Å². The summed E-state index contributed by atoms with van der Waals surface area (Å²) in [5, 5.41) is 4.69. The molecule has 1 aromatic heterocycles. The Labute approximate surface area is 147 Å². The molecule has 2 aromatic carbocycles. The molecule has 1 aliphatic rings. The highest BCUT2D eigenvalue weighted by molar-refractivity contribution is 6.31. The van der Waals surface area contributed by atoms with Crippen molar-refractivity contribution >= 4 is 23.2 Å². The number of aromatic nitrogens is 3. The van der Waals surface area contributed by atoms with E-state index in [1.54, 1.807) is 18.2 Å². The number of hydrogen-bond acceptors (Lipinski definition) is 3. The van der Waals surface area contributed by atoms with E-state index in [0.29, 0.717) is 5.02 Å². The number of hydrogen-bond donors (Lipinski definition) is 0. The highest BCUT2D eigenvalue weighted by Crippen LogP contribution is 2.64. The van der Waals surface area contributed by atoms with E-state index in [9.17, 15) is 4.39 Å². The molecule has 4 rings (SSSR count). The molecule has 3 unspecified atom stereocenters.